The van der Waals surface area contributed by atoms with Gasteiger partial charge in [-0.15, -0.1) is 24.8 Å². The highest BCUT2D eigenvalue weighted by Gasteiger charge is 2.48. The summed E-state index contributed by atoms with van der Waals surface area (Å²) in [5, 5.41) is 4.85. The number of carbonyl (C=O) groups excluding carboxylic acids is 3. The summed E-state index contributed by atoms with van der Waals surface area (Å²) in [6, 6.07) is 23.5. The predicted octanol–water partition coefficient (Wildman–Crippen LogP) is 5.31. The highest BCUT2D eigenvalue weighted by atomic mass is 79.9. The number of para-hydroxylation sites is 2. The van der Waals surface area contributed by atoms with Crippen LogP contribution >= 0.6 is 40.7 Å². The SMILES string of the molecule is CNC(C)(C(N)=O)[C@@H]1CN(C(=O)c2ccc(N)cc2)c2ccccc2N(Cc2c(OC)ccc3cc(Br)ccc23)C1=O.Cl.Cl. The lowest BCUT2D eigenvalue weighted by Gasteiger charge is -2.36. The van der Waals surface area contributed by atoms with Crippen molar-refractivity contribution in [2.24, 2.45) is 11.7 Å². The highest BCUT2D eigenvalue weighted by Crippen LogP contribution is 2.40. The van der Waals surface area contributed by atoms with E-state index in [1.807, 2.05) is 42.5 Å². The molecule has 3 amide bonds. The Labute approximate surface area is 276 Å². The van der Waals surface area contributed by atoms with E-state index in [-0.39, 0.29) is 49.7 Å². The number of anilines is 3. The average Bonchev–Trinajstić information content (AvgIpc) is 3.11. The van der Waals surface area contributed by atoms with E-state index >= 15 is 0 Å². The van der Waals surface area contributed by atoms with Gasteiger partial charge in [0.2, 0.25) is 11.8 Å². The zero-order valence-corrected chi connectivity index (χ0v) is 27.6. The van der Waals surface area contributed by atoms with Crippen LogP contribution in [0.4, 0.5) is 17.1 Å². The summed E-state index contributed by atoms with van der Waals surface area (Å²) >= 11 is 3.54. The second-order valence-electron chi connectivity index (χ2n) is 10.4. The van der Waals surface area contributed by atoms with Crippen LogP contribution < -0.4 is 31.3 Å². The summed E-state index contributed by atoms with van der Waals surface area (Å²) in [6.45, 7) is 1.63. The number of benzene rings is 4. The molecule has 4 aromatic carbocycles. The summed E-state index contributed by atoms with van der Waals surface area (Å²) in [5.41, 5.74) is 13.1. The Balaban J connectivity index is 0.00000264. The van der Waals surface area contributed by atoms with Crippen LogP contribution in [0.1, 0.15) is 22.8 Å². The van der Waals surface area contributed by atoms with Gasteiger partial charge < -0.3 is 31.3 Å². The fraction of sp³-hybridized carbons (Fsp3) is 0.219. The lowest BCUT2D eigenvalue weighted by atomic mass is 9.83. The minimum atomic E-state index is -1.47. The van der Waals surface area contributed by atoms with Gasteiger partial charge in [0.25, 0.3) is 5.91 Å². The molecule has 44 heavy (non-hydrogen) atoms. The van der Waals surface area contributed by atoms with Crippen molar-refractivity contribution in [1.29, 1.82) is 0 Å². The number of rotatable bonds is 7. The standard InChI is InChI=1S/C32H32BrN5O4.2ClH/c1-32(36-2,31(35)41)25-18-38(29(39)19-8-12-22(34)13-9-19)27-7-5-4-6-26(27)37(30(25)40)17-24-23-14-11-21(33)16-20(23)10-15-28(24)42-3;;/h4-16,25,36H,17-18,34H2,1-3H3,(H2,35,41);2*1H/t25-,32?;;/m1../s1. The molecule has 0 saturated heterocycles. The van der Waals surface area contributed by atoms with Crippen molar-refractivity contribution in [3.63, 3.8) is 0 Å². The number of nitrogens with zero attached hydrogens (tertiary/aromatic N) is 2. The number of amides is 3. The lowest BCUT2D eigenvalue weighted by molar-refractivity contribution is -0.133. The molecular weight excluding hydrogens is 669 g/mol. The number of fused-ring (bicyclic) bond motifs is 2. The largest absolute Gasteiger partial charge is 0.496 e. The summed E-state index contributed by atoms with van der Waals surface area (Å²) in [4.78, 5) is 44.7. The Hall–Kier alpha value is -3.83. The summed E-state index contributed by atoms with van der Waals surface area (Å²) in [6.07, 6.45) is 0. The molecule has 232 valence electrons. The van der Waals surface area contributed by atoms with Gasteiger partial charge in [-0.1, -0.05) is 40.2 Å². The number of nitrogens with one attached hydrogen (secondary N) is 1. The summed E-state index contributed by atoms with van der Waals surface area (Å²) < 4.78 is 6.67. The van der Waals surface area contributed by atoms with Gasteiger partial charge in [-0.3, -0.25) is 14.4 Å². The van der Waals surface area contributed by atoms with Gasteiger partial charge >= 0.3 is 0 Å². The third kappa shape index (κ3) is 6.21. The maximum absolute atomic E-state index is 14.6. The first-order chi connectivity index (χ1) is 20.1. The number of methoxy groups -OCH3 is 1. The maximum Gasteiger partial charge on any atom is 0.258 e. The van der Waals surface area contributed by atoms with E-state index in [2.05, 4.69) is 21.2 Å². The quantitative estimate of drug-likeness (QED) is 0.224. The summed E-state index contributed by atoms with van der Waals surface area (Å²) in [7, 11) is 3.17. The minimum absolute atomic E-state index is 0. The van der Waals surface area contributed by atoms with Gasteiger partial charge in [-0.05, 0) is 79.3 Å². The van der Waals surface area contributed by atoms with Crippen LogP contribution in [0.5, 0.6) is 5.75 Å². The number of ether oxygens (including phenoxy) is 1. The van der Waals surface area contributed by atoms with E-state index < -0.39 is 17.4 Å². The van der Waals surface area contributed by atoms with Crippen molar-refractivity contribution in [2.45, 2.75) is 19.0 Å². The van der Waals surface area contributed by atoms with Gasteiger partial charge in [0.05, 0.1) is 30.9 Å². The molecule has 5 rings (SSSR count). The Morgan fingerprint density at radius 2 is 1.68 bits per heavy atom. The van der Waals surface area contributed by atoms with Gasteiger partial charge in [-0.25, -0.2) is 0 Å². The fourth-order valence-corrected chi connectivity index (χ4v) is 5.86. The number of primary amides is 1. The molecule has 9 nitrogen and oxygen atoms in total. The molecule has 0 aromatic heterocycles. The topological polar surface area (TPSA) is 131 Å². The first kappa shape index (κ1) is 34.7. The van der Waals surface area contributed by atoms with Gasteiger partial charge in [0.1, 0.15) is 11.3 Å². The van der Waals surface area contributed by atoms with Crippen molar-refractivity contribution in [3.05, 3.63) is 94.5 Å². The third-order valence-corrected chi connectivity index (χ3v) is 8.60. The van der Waals surface area contributed by atoms with Crippen molar-refractivity contribution >= 4 is 86.3 Å². The second-order valence-corrected chi connectivity index (χ2v) is 11.3. The monoisotopic (exact) mass is 701 g/mol. The highest BCUT2D eigenvalue weighted by molar-refractivity contribution is 9.10. The minimum Gasteiger partial charge on any atom is -0.496 e. The van der Waals surface area contributed by atoms with Crippen LogP contribution in [0.3, 0.4) is 0 Å². The Bertz CT molecular complexity index is 1700. The van der Waals surface area contributed by atoms with Crippen LogP contribution in [0.2, 0.25) is 0 Å². The smallest absolute Gasteiger partial charge is 0.258 e. The zero-order chi connectivity index (χ0) is 30.2. The molecule has 0 bridgehead atoms. The molecule has 1 unspecified atom stereocenters. The van der Waals surface area contributed by atoms with Gasteiger partial charge in [0, 0.05) is 27.8 Å². The zero-order valence-electron chi connectivity index (χ0n) is 24.4. The Morgan fingerprint density at radius 1 is 1.02 bits per heavy atom. The molecule has 2 atom stereocenters. The molecular formula is C32H34BrCl2N5O4. The first-order valence-electron chi connectivity index (χ1n) is 13.4. The molecule has 0 aliphatic carbocycles. The van der Waals surface area contributed by atoms with E-state index in [0.29, 0.717) is 28.4 Å². The number of halogens is 3. The van der Waals surface area contributed by atoms with E-state index in [0.717, 1.165) is 20.8 Å². The molecule has 5 N–H and O–H groups in total. The molecule has 1 aliphatic heterocycles. The van der Waals surface area contributed by atoms with E-state index in [9.17, 15) is 14.4 Å². The molecule has 12 heteroatoms. The van der Waals surface area contributed by atoms with Crippen molar-refractivity contribution < 1.29 is 19.1 Å². The number of hydrogen-bond acceptors (Lipinski definition) is 6. The average molecular weight is 703 g/mol. The van der Waals surface area contributed by atoms with Crippen LogP contribution in [-0.2, 0) is 16.1 Å². The normalized spacial score (nSPS) is 15.7. The molecule has 0 spiro atoms. The third-order valence-electron chi connectivity index (χ3n) is 8.11. The molecule has 0 saturated carbocycles. The van der Waals surface area contributed by atoms with Crippen LogP contribution in [0, 0.1) is 5.92 Å². The van der Waals surface area contributed by atoms with E-state index in [1.165, 1.54) is 0 Å². The molecule has 4 aromatic rings. The molecule has 0 fully saturated rings. The fourth-order valence-electron chi connectivity index (χ4n) is 5.48. The number of nitrogen functional groups attached to an aromatic ring is 1. The first-order valence-corrected chi connectivity index (χ1v) is 14.2. The van der Waals surface area contributed by atoms with Crippen LogP contribution in [0.15, 0.2) is 83.3 Å². The van der Waals surface area contributed by atoms with Crippen LogP contribution in [-0.4, -0.2) is 44.0 Å². The number of carbonyl (C=O) groups is 3. The lowest BCUT2D eigenvalue weighted by Crippen LogP contribution is -2.63. The summed E-state index contributed by atoms with van der Waals surface area (Å²) in [5.74, 6) is -1.82. The molecule has 0 radical (unpaired) electrons. The number of nitrogens with two attached hydrogens (primary N) is 2. The van der Waals surface area contributed by atoms with Crippen molar-refractivity contribution in [1.82, 2.24) is 5.32 Å². The van der Waals surface area contributed by atoms with Crippen LogP contribution in [0.25, 0.3) is 10.8 Å². The predicted molar refractivity (Wildman–Crippen MR) is 183 cm³/mol. The van der Waals surface area contributed by atoms with E-state index in [1.54, 1.807) is 67.3 Å². The second kappa shape index (κ2) is 13.9. The number of hydrogen-bond donors (Lipinski definition) is 3. The van der Waals surface area contributed by atoms with Gasteiger partial charge in [0.15, 0.2) is 0 Å². The van der Waals surface area contributed by atoms with E-state index in [4.69, 9.17) is 16.2 Å². The Kier molecular flexibility index (Phi) is 10.9. The van der Waals surface area contributed by atoms with Crippen molar-refractivity contribution in [2.75, 3.05) is 36.2 Å². The maximum atomic E-state index is 14.6. The molecule has 1 heterocycles. The van der Waals surface area contributed by atoms with Gasteiger partial charge in [-0.2, -0.15) is 0 Å². The molecule has 1 aliphatic rings. The van der Waals surface area contributed by atoms with Crippen molar-refractivity contribution in [3.8, 4) is 5.75 Å². The number of likely N-dealkylation sites (N-methyl/N-ethyl adjacent to an activating group) is 1. The Morgan fingerprint density at radius 3 is 2.30 bits per heavy atom.